The van der Waals surface area contributed by atoms with E-state index in [2.05, 4.69) is 25.5 Å². The van der Waals surface area contributed by atoms with E-state index >= 15 is 0 Å². The third-order valence-corrected chi connectivity index (χ3v) is 8.87. The number of fused-ring (bicyclic) bond motifs is 2. The van der Waals surface area contributed by atoms with Gasteiger partial charge in [0.25, 0.3) is 5.91 Å². The summed E-state index contributed by atoms with van der Waals surface area (Å²) < 4.78 is 0. The molecule has 2 amide bonds. The van der Waals surface area contributed by atoms with Gasteiger partial charge in [-0.15, -0.1) is 11.8 Å². The van der Waals surface area contributed by atoms with Crippen molar-refractivity contribution in [3.8, 4) is 0 Å². The van der Waals surface area contributed by atoms with Crippen molar-refractivity contribution in [1.82, 2.24) is 30.4 Å². The van der Waals surface area contributed by atoms with E-state index in [0.29, 0.717) is 28.8 Å². The number of nitrogens with one attached hydrogen (secondary N) is 2. The first-order valence-corrected chi connectivity index (χ1v) is 12.7. The van der Waals surface area contributed by atoms with Crippen LogP contribution in [-0.4, -0.2) is 60.0 Å². The summed E-state index contributed by atoms with van der Waals surface area (Å²) in [5.74, 6) is -1.68. The fourth-order valence-electron chi connectivity index (χ4n) is 4.46. The zero-order chi connectivity index (χ0) is 24.3. The molecular formula is C22H18N7NaO4S2. The zero-order valence-corrected chi connectivity index (χ0v) is 22.7. The van der Waals surface area contributed by atoms with Gasteiger partial charge < -0.3 is 21.0 Å². The Labute approximate surface area is 235 Å². The molecule has 3 aliphatic rings. The molecule has 0 radical (unpaired) electrons. The number of rotatable bonds is 6. The summed E-state index contributed by atoms with van der Waals surface area (Å²) in [4.78, 5) is 48.3. The number of hydrogen-bond donors (Lipinski definition) is 3. The Morgan fingerprint density at radius 1 is 1.25 bits per heavy atom. The molecule has 3 aromatic rings. The number of β-lactam (4-membered cyclic amide) rings is 1. The van der Waals surface area contributed by atoms with E-state index in [0.717, 1.165) is 17.3 Å². The van der Waals surface area contributed by atoms with Gasteiger partial charge >= 0.3 is 29.6 Å². The quantitative estimate of drug-likeness (QED) is 0.171. The number of thioether (sulfide) groups is 2. The van der Waals surface area contributed by atoms with Crippen LogP contribution in [0.15, 0.2) is 52.3 Å². The molecule has 1 saturated heterocycles. The fourth-order valence-corrected chi connectivity index (χ4v) is 6.87. The van der Waals surface area contributed by atoms with E-state index in [1.807, 2.05) is 30.3 Å². The molecule has 2 aliphatic heterocycles. The summed E-state index contributed by atoms with van der Waals surface area (Å²) >= 11 is 2.37. The van der Waals surface area contributed by atoms with E-state index in [9.17, 15) is 19.5 Å². The van der Waals surface area contributed by atoms with E-state index < -0.39 is 28.7 Å². The average Bonchev–Trinajstić information content (AvgIpc) is 3.53. The average molecular weight is 532 g/mol. The van der Waals surface area contributed by atoms with Crippen LogP contribution >= 0.6 is 23.5 Å². The number of anilines is 1. The largest absolute Gasteiger partial charge is 1.00 e. The molecule has 178 valence electrons. The van der Waals surface area contributed by atoms with Gasteiger partial charge in [-0.1, -0.05) is 42.1 Å². The Morgan fingerprint density at radius 2 is 2.00 bits per heavy atom. The Kier molecular flexibility index (Phi) is 6.53. The molecule has 2 aromatic heterocycles. The van der Waals surface area contributed by atoms with Crippen molar-refractivity contribution in [1.29, 1.82) is 0 Å². The number of carbonyl (C=O) groups is 3. The number of carboxylic acids is 1. The van der Waals surface area contributed by atoms with E-state index in [1.54, 1.807) is 0 Å². The number of amides is 2. The summed E-state index contributed by atoms with van der Waals surface area (Å²) in [6, 6.07) is 8.67. The molecule has 36 heavy (non-hydrogen) atoms. The molecule has 4 heterocycles. The number of hydrogen-bond acceptors (Lipinski definition) is 10. The van der Waals surface area contributed by atoms with Gasteiger partial charge in [0.2, 0.25) is 5.91 Å². The van der Waals surface area contributed by atoms with Crippen molar-refractivity contribution in [2.75, 3.05) is 11.5 Å². The number of nitrogens with two attached hydrogens (primary N) is 1. The van der Waals surface area contributed by atoms with Crippen LogP contribution in [0.1, 0.15) is 18.4 Å². The molecule has 1 aliphatic carbocycles. The van der Waals surface area contributed by atoms with Crippen molar-refractivity contribution in [2.24, 2.45) is 0 Å². The number of carboxylic acid groups (broad SMARTS) is 1. The van der Waals surface area contributed by atoms with Gasteiger partial charge in [-0.3, -0.25) is 19.6 Å². The van der Waals surface area contributed by atoms with Gasteiger partial charge in [0, 0.05) is 10.7 Å². The second-order valence-electron chi connectivity index (χ2n) is 8.49. The van der Waals surface area contributed by atoms with E-state index in [4.69, 9.17) is 5.73 Å². The number of aromatic amines is 1. The summed E-state index contributed by atoms with van der Waals surface area (Å²) in [6.45, 7) is 0. The van der Waals surface area contributed by atoms with Crippen LogP contribution in [0.25, 0.3) is 11.0 Å². The molecule has 14 heteroatoms. The number of nitrogens with zero attached hydrogens (tertiary/aromatic N) is 4. The van der Waals surface area contributed by atoms with Crippen LogP contribution in [0.5, 0.6) is 0 Å². The van der Waals surface area contributed by atoms with Gasteiger partial charge in [0.1, 0.15) is 17.2 Å². The Bertz CT molecular complexity index is 1430. The number of aliphatic carboxylic acids is 1. The predicted octanol–water partition coefficient (Wildman–Crippen LogP) is -2.88. The molecule has 11 nitrogen and oxygen atoms in total. The molecule has 6 rings (SSSR count). The smallest absolute Gasteiger partial charge is 0.543 e. The normalized spacial score (nSPS) is 21.9. The maximum atomic E-state index is 13.1. The number of carbonyl (C=O) groups excluding carboxylic acids is 3. The standard InChI is InChI=1S/C22H19N7O4S2.Na/c23-15-11-8-24-28-16(11)27-21(26-15)35-12-9-34-18-13(17(30)29(18)14(12)19(31)32)25-20(33)22(6-7-22)10-4-2-1-3-5-10;/h1-5,8,13,18H,6-7,9H2,(H,25,33)(H,31,32)(H3,23,24,26,27,28);/q;+1/p-1/t13?,18-;/m1./s1. The number of H-pyrrole nitrogens is 1. The van der Waals surface area contributed by atoms with Crippen LogP contribution in [0.3, 0.4) is 0 Å². The number of aromatic nitrogens is 4. The number of nitrogen functional groups attached to an aromatic ring is 1. The van der Waals surface area contributed by atoms with Crippen molar-refractivity contribution in [3.05, 3.63) is 52.7 Å². The molecule has 0 bridgehead atoms. The van der Waals surface area contributed by atoms with Crippen molar-refractivity contribution in [2.45, 2.75) is 34.8 Å². The van der Waals surface area contributed by atoms with Crippen LogP contribution in [-0.2, 0) is 19.8 Å². The number of benzene rings is 1. The van der Waals surface area contributed by atoms with Crippen molar-refractivity contribution < 1.29 is 49.0 Å². The van der Waals surface area contributed by atoms with Gasteiger partial charge in [0.05, 0.1) is 28.7 Å². The summed E-state index contributed by atoms with van der Waals surface area (Å²) in [6.07, 6.45) is 2.92. The summed E-state index contributed by atoms with van der Waals surface area (Å²) in [5.41, 5.74) is 6.43. The molecule has 0 spiro atoms. The summed E-state index contributed by atoms with van der Waals surface area (Å²) in [5, 5.41) is 21.8. The SMILES string of the molecule is Nc1nc(SC2=C(C(=O)[O-])N3C(=O)C(NC(=O)C4(c5ccccc5)CC4)[C@H]3SC2)nc2[nH]ncc12.[Na+]. The van der Waals surface area contributed by atoms with Gasteiger partial charge in [-0.2, -0.15) is 5.10 Å². The first-order chi connectivity index (χ1) is 16.9. The van der Waals surface area contributed by atoms with Gasteiger partial charge in [-0.25, -0.2) is 9.97 Å². The van der Waals surface area contributed by atoms with Crippen molar-refractivity contribution >= 4 is 58.2 Å². The molecule has 1 unspecified atom stereocenters. The van der Waals surface area contributed by atoms with E-state index in [1.165, 1.54) is 22.9 Å². The first kappa shape index (κ1) is 25.1. The first-order valence-electron chi connectivity index (χ1n) is 10.8. The van der Waals surface area contributed by atoms with Crippen molar-refractivity contribution in [3.63, 3.8) is 0 Å². The maximum absolute atomic E-state index is 13.1. The van der Waals surface area contributed by atoms with Crippen LogP contribution < -0.4 is 45.7 Å². The zero-order valence-electron chi connectivity index (χ0n) is 19.1. The third-order valence-electron chi connectivity index (χ3n) is 6.46. The molecule has 2 fully saturated rings. The maximum Gasteiger partial charge on any atom is 1.00 e. The minimum Gasteiger partial charge on any atom is -0.543 e. The predicted molar refractivity (Wildman–Crippen MR) is 126 cm³/mol. The van der Waals surface area contributed by atoms with Crippen LogP contribution in [0.2, 0.25) is 0 Å². The summed E-state index contributed by atoms with van der Waals surface area (Å²) in [7, 11) is 0. The molecule has 2 atom stereocenters. The molecular weight excluding hydrogens is 513 g/mol. The van der Waals surface area contributed by atoms with E-state index in [-0.39, 0.29) is 57.9 Å². The Morgan fingerprint density at radius 3 is 2.69 bits per heavy atom. The Hall–Kier alpha value is -2.58. The van der Waals surface area contributed by atoms with Gasteiger partial charge in [-0.05, 0) is 18.4 Å². The molecule has 1 aromatic carbocycles. The Balaban J connectivity index is 0.00000267. The second-order valence-corrected chi connectivity index (χ2v) is 10.7. The third kappa shape index (κ3) is 3.98. The van der Waals surface area contributed by atoms with Gasteiger partial charge in [0.15, 0.2) is 10.8 Å². The fraction of sp³-hybridized carbons (Fsp3) is 0.273. The monoisotopic (exact) mass is 531 g/mol. The minimum atomic E-state index is -1.48. The molecule has 4 N–H and O–H groups in total. The second kappa shape index (κ2) is 9.38. The minimum absolute atomic E-state index is 0. The topological polar surface area (TPSA) is 170 Å². The van der Waals surface area contributed by atoms with Crippen LogP contribution in [0.4, 0.5) is 5.82 Å². The van der Waals surface area contributed by atoms with Crippen LogP contribution in [0, 0.1) is 0 Å². The molecule has 1 saturated carbocycles.